The van der Waals surface area contributed by atoms with Crippen LogP contribution in [0.5, 0.6) is 0 Å². The van der Waals surface area contributed by atoms with Crippen molar-refractivity contribution in [2.75, 3.05) is 10.0 Å². The molecule has 0 unspecified atom stereocenters. The number of benzene rings is 2. The molecule has 2 aromatic carbocycles. The van der Waals surface area contributed by atoms with Gasteiger partial charge in [-0.25, -0.2) is 13.4 Å². The number of sulfonamides is 1. The highest BCUT2D eigenvalue weighted by Gasteiger charge is 2.19. The van der Waals surface area contributed by atoms with E-state index in [1.54, 1.807) is 31.3 Å². The Morgan fingerprint density at radius 1 is 1.04 bits per heavy atom. The molecule has 3 rings (SSSR count). The SMILES string of the molecule is Cc1cnc(NC(=O)c2cc(S(=O)(=O)Nc3ccccc3C)ccc2C)s1. The summed E-state index contributed by atoms with van der Waals surface area (Å²) >= 11 is 1.36. The predicted octanol–water partition coefficient (Wildman–Crippen LogP) is 4.12. The number of hydrogen-bond donors (Lipinski definition) is 2. The molecule has 3 aromatic rings. The number of rotatable bonds is 5. The van der Waals surface area contributed by atoms with Crippen molar-refractivity contribution in [3.05, 3.63) is 70.2 Å². The third-order valence-electron chi connectivity index (χ3n) is 4.00. The van der Waals surface area contributed by atoms with Crippen LogP contribution < -0.4 is 10.0 Å². The van der Waals surface area contributed by atoms with Gasteiger partial charge in [0.15, 0.2) is 5.13 Å². The van der Waals surface area contributed by atoms with E-state index in [4.69, 9.17) is 0 Å². The monoisotopic (exact) mass is 401 g/mol. The molecule has 0 atom stereocenters. The van der Waals surface area contributed by atoms with Gasteiger partial charge in [0.1, 0.15) is 0 Å². The van der Waals surface area contributed by atoms with Gasteiger partial charge in [-0.15, -0.1) is 11.3 Å². The standard InChI is InChI=1S/C19H19N3O3S2/c1-12-8-9-15(27(24,25)22-17-7-5-4-6-13(17)2)10-16(12)18(23)21-19-20-11-14(3)26-19/h4-11,22H,1-3H3,(H,20,21,23). The quantitative estimate of drug-likeness (QED) is 0.673. The lowest BCUT2D eigenvalue weighted by atomic mass is 10.1. The van der Waals surface area contributed by atoms with Crippen LogP contribution in [-0.4, -0.2) is 19.3 Å². The first-order valence-electron chi connectivity index (χ1n) is 8.19. The van der Waals surface area contributed by atoms with Gasteiger partial charge in [-0.1, -0.05) is 24.3 Å². The molecule has 0 aliphatic carbocycles. The average molecular weight is 402 g/mol. The lowest BCUT2D eigenvalue weighted by molar-refractivity contribution is 0.102. The molecule has 0 aliphatic heterocycles. The number of para-hydroxylation sites is 1. The van der Waals surface area contributed by atoms with Crippen LogP contribution in [0.4, 0.5) is 10.8 Å². The molecule has 0 radical (unpaired) electrons. The van der Waals surface area contributed by atoms with Crippen LogP contribution in [-0.2, 0) is 10.0 Å². The lowest BCUT2D eigenvalue weighted by Gasteiger charge is -2.12. The summed E-state index contributed by atoms with van der Waals surface area (Å²) in [5, 5.41) is 3.19. The Labute approximate surface area is 162 Å². The van der Waals surface area contributed by atoms with Gasteiger partial charge in [0.25, 0.3) is 15.9 Å². The van der Waals surface area contributed by atoms with Crippen molar-refractivity contribution in [3.63, 3.8) is 0 Å². The third-order valence-corrected chi connectivity index (χ3v) is 6.19. The van der Waals surface area contributed by atoms with Crippen molar-refractivity contribution >= 4 is 38.1 Å². The van der Waals surface area contributed by atoms with E-state index in [0.717, 1.165) is 10.4 Å². The summed E-state index contributed by atoms with van der Waals surface area (Å²) in [6, 6.07) is 11.6. The highest BCUT2D eigenvalue weighted by Crippen LogP contribution is 2.23. The second-order valence-electron chi connectivity index (χ2n) is 6.13. The fourth-order valence-corrected chi connectivity index (χ4v) is 4.30. The van der Waals surface area contributed by atoms with Crippen molar-refractivity contribution in [2.45, 2.75) is 25.7 Å². The average Bonchev–Trinajstić information content (AvgIpc) is 3.01. The maximum absolute atomic E-state index is 12.7. The van der Waals surface area contributed by atoms with Crippen molar-refractivity contribution in [1.29, 1.82) is 0 Å². The summed E-state index contributed by atoms with van der Waals surface area (Å²) in [5.41, 5.74) is 2.28. The molecule has 0 spiro atoms. The van der Waals surface area contributed by atoms with Crippen molar-refractivity contribution in [2.24, 2.45) is 0 Å². The van der Waals surface area contributed by atoms with Crippen LogP contribution in [0.25, 0.3) is 0 Å². The number of carbonyl (C=O) groups is 1. The first-order valence-corrected chi connectivity index (χ1v) is 10.5. The van der Waals surface area contributed by atoms with Crippen LogP contribution >= 0.6 is 11.3 Å². The fraction of sp³-hybridized carbons (Fsp3) is 0.158. The third kappa shape index (κ3) is 4.35. The van der Waals surface area contributed by atoms with E-state index in [-0.39, 0.29) is 10.5 Å². The summed E-state index contributed by atoms with van der Waals surface area (Å²) < 4.78 is 28.1. The van der Waals surface area contributed by atoms with Gasteiger partial charge >= 0.3 is 0 Å². The molecule has 0 saturated carbocycles. The minimum absolute atomic E-state index is 0.0248. The molecule has 0 aliphatic rings. The number of aryl methyl sites for hydroxylation is 3. The fourth-order valence-electron chi connectivity index (χ4n) is 2.48. The Kier molecular flexibility index (Phi) is 5.29. The number of nitrogens with one attached hydrogen (secondary N) is 2. The summed E-state index contributed by atoms with van der Waals surface area (Å²) in [6.45, 7) is 5.47. The first-order chi connectivity index (χ1) is 12.8. The number of nitrogens with zero attached hydrogens (tertiary/aromatic N) is 1. The number of thiazole rings is 1. The van der Waals surface area contributed by atoms with E-state index in [9.17, 15) is 13.2 Å². The molecule has 0 saturated heterocycles. The molecule has 27 heavy (non-hydrogen) atoms. The number of anilines is 2. The van der Waals surface area contributed by atoms with E-state index in [1.165, 1.54) is 23.5 Å². The predicted molar refractivity (Wildman–Crippen MR) is 108 cm³/mol. The zero-order chi connectivity index (χ0) is 19.6. The second-order valence-corrected chi connectivity index (χ2v) is 9.04. The van der Waals surface area contributed by atoms with Gasteiger partial charge in [0.05, 0.1) is 10.6 Å². The molecule has 0 bridgehead atoms. The van der Waals surface area contributed by atoms with Crippen LogP contribution in [0.2, 0.25) is 0 Å². The van der Waals surface area contributed by atoms with Gasteiger partial charge in [0.2, 0.25) is 0 Å². The number of aromatic nitrogens is 1. The molecule has 1 heterocycles. The Balaban J connectivity index is 1.90. The van der Waals surface area contributed by atoms with Crippen LogP contribution in [0.3, 0.4) is 0 Å². The Morgan fingerprint density at radius 2 is 1.78 bits per heavy atom. The summed E-state index contributed by atoms with van der Waals surface area (Å²) in [4.78, 5) is 17.7. The number of carbonyl (C=O) groups excluding carboxylic acids is 1. The van der Waals surface area contributed by atoms with E-state index in [2.05, 4.69) is 15.0 Å². The molecule has 1 amide bonds. The zero-order valence-electron chi connectivity index (χ0n) is 15.1. The smallest absolute Gasteiger partial charge is 0.261 e. The minimum Gasteiger partial charge on any atom is -0.298 e. The molecule has 1 aromatic heterocycles. The topological polar surface area (TPSA) is 88.2 Å². The molecule has 140 valence electrons. The van der Waals surface area contributed by atoms with Crippen LogP contribution in [0.1, 0.15) is 26.4 Å². The van der Waals surface area contributed by atoms with Gasteiger partial charge in [-0.3, -0.25) is 14.8 Å². The van der Waals surface area contributed by atoms with Crippen molar-refractivity contribution in [1.82, 2.24) is 4.98 Å². The molecule has 2 N–H and O–H groups in total. The summed E-state index contributed by atoms with van der Waals surface area (Å²) in [5.74, 6) is -0.394. The van der Waals surface area contributed by atoms with Gasteiger partial charge in [-0.05, 0) is 50.1 Å². The van der Waals surface area contributed by atoms with Gasteiger partial charge in [0, 0.05) is 16.6 Å². The maximum atomic E-state index is 12.7. The van der Waals surface area contributed by atoms with E-state index < -0.39 is 15.9 Å². The highest BCUT2D eigenvalue weighted by atomic mass is 32.2. The highest BCUT2D eigenvalue weighted by molar-refractivity contribution is 7.92. The molecule has 0 fully saturated rings. The van der Waals surface area contributed by atoms with Gasteiger partial charge in [-0.2, -0.15) is 0 Å². The van der Waals surface area contributed by atoms with Crippen LogP contribution in [0.15, 0.2) is 53.6 Å². The van der Waals surface area contributed by atoms with E-state index in [1.807, 2.05) is 26.0 Å². The second kappa shape index (κ2) is 7.50. The first kappa shape index (κ1) is 19.1. The molecule has 8 heteroatoms. The Hall–Kier alpha value is -2.71. The van der Waals surface area contributed by atoms with Gasteiger partial charge < -0.3 is 0 Å². The summed E-state index contributed by atoms with van der Waals surface area (Å²) in [6.07, 6.45) is 1.67. The molecule has 6 nitrogen and oxygen atoms in total. The van der Waals surface area contributed by atoms with Crippen molar-refractivity contribution < 1.29 is 13.2 Å². The Bertz CT molecular complexity index is 1100. The molecular weight excluding hydrogens is 382 g/mol. The van der Waals surface area contributed by atoms with Crippen molar-refractivity contribution in [3.8, 4) is 0 Å². The van der Waals surface area contributed by atoms with Crippen LogP contribution in [0, 0.1) is 20.8 Å². The Morgan fingerprint density at radius 3 is 2.44 bits per heavy atom. The normalized spacial score (nSPS) is 11.2. The van der Waals surface area contributed by atoms with E-state index in [0.29, 0.717) is 16.4 Å². The largest absolute Gasteiger partial charge is 0.298 e. The lowest BCUT2D eigenvalue weighted by Crippen LogP contribution is -2.17. The molecular formula is C19H19N3O3S2. The number of hydrogen-bond acceptors (Lipinski definition) is 5. The minimum atomic E-state index is -3.82. The zero-order valence-corrected chi connectivity index (χ0v) is 16.7. The number of amides is 1. The summed E-state index contributed by atoms with van der Waals surface area (Å²) in [7, 11) is -3.82. The van der Waals surface area contributed by atoms with E-state index >= 15 is 0 Å². The maximum Gasteiger partial charge on any atom is 0.261 e.